The number of hydroxylamine groups is 2. The first-order valence-electron chi connectivity index (χ1n) is 14.6. The molecule has 1 saturated heterocycles. The molecule has 0 spiro atoms. The lowest BCUT2D eigenvalue weighted by molar-refractivity contribution is -0.181. The number of benzene rings is 3. The van der Waals surface area contributed by atoms with Crippen molar-refractivity contribution in [2.24, 2.45) is 5.92 Å². The molecule has 1 heterocycles. The number of carbonyl (C=O) groups excluding carboxylic acids is 1. The summed E-state index contributed by atoms with van der Waals surface area (Å²) in [5.41, 5.74) is 3.75. The molecule has 3 aromatic rings. The van der Waals surface area contributed by atoms with E-state index in [9.17, 15) is 15.0 Å². The van der Waals surface area contributed by atoms with Crippen molar-refractivity contribution in [3.05, 3.63) is 102 Å². The highest BCUT2D eigenvalue weighted by atomic mass is 16.7. The van der Waals surface area contributed by atoms with Crippen LogP contribution in [0.1, 0.15) is 43.9 Å². The summed E-state index contributed by atoms with van der Waals surface area (Å²) in [5, 5.41) is 25.2. The van der Waals surface area contributed by atoms with Crippen LogP contribution in [-0.4, -0.2) is 66.2 Å². The Bertz CT molecular complexity index is 1350. The van der Waals surface area contributed by atoms with E-state index in [0.29, 0.717) is 13.1 Å². The number of carbonyl (C=O) groups is 1. The predicted octanol–water partition coefficient (Wildman–Crippen LogP) is 4.13. The zero-order chi connectivity index (χ0) is 30.1. The minimum Gasteiger partial charge on any atom is -0.394 e. The number of para-hydroxylation sites is 1. The van der Waals surface area contributed by atoms with E-state index in [2.05, 4.69) is 60.2 Å². The molecular weight excluding hydrogens is 526 g/mol. The molecule has 1 aliphatic heterocycles. The fourth-order valence-electron chi connectivity index (χ4n) is 5.40. The summed E-state index contributed by atoms with van der Waals surface area (Å²) in [4.78, 5) is 21.7. The quantitative estimate of drug-likeness (QED) is 0.238. The van der Waals surface area contributed by atoms with Crippen molar-refractivity contribution in [1.82, 2.24) is 10.4 Å². The molecule has 1 aliphatic rings. The third-order valence-electron chi connectivity index (χ3n) is 7.83. The van der Waals surface area contributed by atoms with Crippen molar-refractivity contribution >= 4 is 11.6 Å². The SMILES string of the molecule is CC(O)[C@H]1[C@@H](CO)ON(Cc2cccc(C#CC(C)(C)c3ccccc3)c2)[C@H]1C(=O)NCCCN(C)c1ccccc1. The minimum absolute atomic E-state index is 0.222. The van der Waals surface area contributed by atoms with Crippen LogP contribution >= 0.6 is 0 Å². The zero-order valence-electron chi connectivity index (χ0n) is 25.0. The van der Waals surface area contributed by atoms with Gasteiger partial charge >= 0.3 is 0 Å². The van der Waals surface area contributed by atoms with Gasteiger partial charge in [-0.1, -0.05) is 72.5 Å². The van der Waals surface area contributed by atoms with Crippen LogP contribution in [-0.2, 0) is 21.6 Å². The van der Waals surface area contributed by atoms with Crippen molar-refractivity contribution in [2.75, 3.05) is 31.6 Å². The lowest BCUT2D eigenvalue weighted by atomic mass is 9.85. The molecule has 0 bridgehead atoms. The topological polar surface area (TPSA) is 85.3 Å². The highest BCUT2D eigenvalue weighted by Crippen LogP contribution is 2.32. The summed E-state index contributed by atoms with van der Waals surface area (Å²) < 4.78 is 0. The highest BCUT2D eigenvalue weighted by molar-refractivity contribution is 5.82. The van der Waals surface area contributed by atoms with Gasteiger partial charge in [0.25, 0.3) is 0 Å². The van der Waals surface area contributed by atoms with Crippen LogP contribution in [0, 0.1) is 17.8 Å². The Morgan fingerprint density at radius 2 is 1.76 bits per heavy atom. The van der Waals surface area contributed by atoms with Gasteiger partial charge in [0.2, 0.25) is 5.91 Å². The van der Waals surface area contributed by atoms with Crippen molar-refractivity contribution in [3.8, 4) is 11.8 Å². The summed E-state index contributed by atoms with van der Waals surface area (Å²) >= 11 is 0. The van der Waals surface area contributed by atoms with Crippen molar-refractivity contribution < 1.29 is 19.8 Å². The average molecular weight is 570 g/mol. The molecule has 42 heavy (non-hydrogen) atoms. The second kappa shape index (κ2) is 14.5. The van der Waals surface area contributed by atoms with E-state index >= 15 is 0 Å². The standard InChI is InChI=1S/C35H43N3O4/c1-26(40)32-31(25-39)42-38(33(32)34(41)36-21-12-22-37(4)30-17-9-6-10-18-30)24-28-14-11-13-27(23-28)19-20-35(2,3)29-15-7-5-8-16-29/h5-11,13-18,23,26,31-33,39-40H,12,21-22,24-25H2,1-4H3,(H,36,41)/t26?,31-,32+,33-/m1/s1. The average Bonchev–Trinajstić information content (AvgIpc) is 3.38. The Labute approximate surface area is 250 Å². The molecule has 7 nitrogen and oxygen atoms in total. The molecule has 1 unspecified atom stereocenters. The molecule has 1 amide bonds. The van der Waals surface area contributed by atoms with Gasteiger partial charge in [0.15, 0.2) is 0 Å². The van der Waals surface area contributed by atoms with Crippen LogP contribution in [0.5, 0.6) is 0 Å². The van der Waals surface area contributed by atoms with Gasteiger partial charge in [0.05, 0.1) is 24.7 Å². The predicted molar refractivity (Wildman–Crippen MR) is 167 cm³/mol. The Kier molecular flexibility index (Phi) is 10.8. The number of hydrogen-bond acceptors (Lipinski definition) is 6. The number of nitrogens with one attached hydrogen (secondary N) is 1. The number of nitrogens with zero attached hydrogens (tertiary/aromatic N) is 2. The van der Waals surface area contributed by atoms with Crippen LogP contribution in [0.2, 0.25) is 0 Å². The van der Waals surface area contributed by atoms with Gasteiger partial charge in [-0.05, 0) is 62.6 Å². The molecule has 0 aliphatic carbocycles. The molecular formula is C35H43N3O4. The van der Waals surface area contributed by atoms with Crippen LogP contribution in [0.3, 0.4) is 0 Å². The highest BCUT2D eigenvalue weighted by Gasteiger charge is 2.49. The van der Waals surface area contributed by atoms with E-state index < -0.39 is 24.2 Å². The fraction of sp³-hybridized carbons (Fsp3) is 0.400. The van der Waals surface area contributed by atoms with Crippen LogP contribution in [0.15, 0.2) is 84.9 Å². The Morgan fingerprint density at radius 1 is 1.07 bits per heavy atom. The van der Waals surface area contributed by atoms with Crippen molar-refractivity contribution in [1.29, 1.82) is 0 Å². The Morgan fingerprint density at radius 3 is 2.43 bits per heavy atom. The maximum atomic E-state index is 13.5. The second-order valence-electron chi connectivity index (χ2n) is 11.5. The maximum Gasteiger partial charge on any atom is 0.240 e. The third-order valence-corrected chi connectivity index (χ3v) is 7.83. The van der Waals surface area contributed by atoms with E-state index in [1.54, 1.807) is 12.0 Å². The molecule has 3 aromatic carbocycles. The van der Waals surface area contributed by atoms with Gasteiger partial charge in [0.1, 0.15) is 12.1 Å². The van der Waals surface area contributed by atoms with Crippen LogP contribution < -0.4 is 10.2 Å². The van der Waals surface area contributed by atoms with Gasteiger partial charge in [-0.2, -0.15) is 5.06 Å². The normalized spacial score (nSPS) is 19.5. The molecule has 0 aromatic heterocycles. The lowest BCUT2D eigenvalue weighted by Gasteiger charge is -2.26. The molecule has 4 atom stereocenters. The van der Waals surface area contributed by atoms with Crippen molar-refractivity contribution in [3.63, 3.8) is 0 Å². The first-order chi connectivity index (χ1) is 20.2. The Balaban J connectivity index is 1.44. The van der Waals surface area contributed by atoms with E-state index in [-0.39, 0.29) is 17.9 Å². The molecule has 0 saturated carbocycles. The zero-order valence-corrected chi connectivity index (χ0v) is 25.0. The monoisotopic (exact) mass is 569 g/mol. The summed E-state index contributed by atoms with van der Waals surface area (Å²) in [6, 6.07) is 27.4. The third kappa shape index (κ3) is 7.99. The molecule has 1 fully saturated rings. The van der Waals surface area contributed by atoms with E-state index in [0.717, 1.165) is 35.3 Å². The molecule has 222 valence electrons. The van der Waals surface area contributed by atoms with E-state index in [1.165, 1.54) is 0 Å². The summed E-state index contributed by atoms with van der Waals surface area (Å²) in [7, 11) is 2.03. The van der Waals surface area contributed by atoms with E-state index in [1.807, 2.05) is 67.7 Å². The van der Waals surface area contributed by atoms with Gasteiger partial charge in [-0.3, -0.25) is 9.63 Å². The van der Waals surface area contributed by atoms with Crippen LogP contribution in [0.4, 0.5) is 5.69 Å². The number of hydrogen-bond donors (Lipinski definition) is 3. The molecule has 3 N–H and O–H groups in total. The summed E-state index contributed by atoms with van der Waals surface area (Å²) in [6.45, 7) is 7.13. The van der Waals surface area contributed by atoms with Gasteiger partial charge in [0, 0.05) is 37.3 Å². The van der Waals surface area contributed by atoms with Crippen LogP contribution in [0.25, 0.3) is 0 Å². The van der Waals surface area contributed by atoms with E-state index in [4.69, 9.17) is 4.84 Å². The number of aliphatic hydroxyl groups is 2. The fourth-order valence-corrected chi connectivity index (χ4v) is 5.40. The molecule has 4 rings (SSSR count). The summed E-state index contributed by atoms with van der Waals surface area (Å²) in [6.07, 6.45) is -0.766. The van der Waals surface area contributed by atoms with Gasteiger partial charge in [-0.25, -0.2) is 0 Å². The van der Waals surface area contributed by atoms with Gasteiger partial charge < -0.3 is 20.4 Å². The van der Waals surface area contributed by atoms with Gasteiger partial charge in [-0.15, -0.1) is 0 Å². The summed E-state index contributed by atoms with van der Waals surface area (Å²) in [5.74, 6) is 5.91. The maximum absolute atomic E-state index is 13.5. The lowest BCUT2D eigenvalue weighted by Crippen LogP contribution is -2.49. The molecule has 0 radical (unpaired) electrons. The molecule has 7 heteroatoms. The largest absolute Gasteiger partial charge is 0.394 e. The number of anilines is 1. The Hall–Kier alpha value is -3.67. The number of rotatable bonds is 11. The minimum atomic E-state index is -0.843. The first-order valence-corrected chi connectivity index (χ1v) is 14.6. The first kappa shape index (κ1) is 31.3. The smallest absolute Gasteiger partial charge is 0.240 e. The second-order valence-corrected chi connectivity index (χ2v) is 11.5. The number of amides is 1. The number of aliphatic hydroxyl groups excluding tert-OH is 2. The van der Waals surface area contributed by atoms with Crippen molar-refractivity contribution in [2.45, 2.75) is 57.4 Å².